The molecular weight excluding hydrogens is 356 g/mol. The van der Waals surface area contributed by atoms with Crippen molar-refractivity contribution in [3.05, 3.63) is 54.4 Å². The van der Waals surface area contributed by atoms with Gasteiger partial charge >= 0.3 is 0 Å². The Bertz CT molecular complexity index is 966. The van der Waals surface area contributed by atoms with Crippen LogP contribution in [0.1, 0.15) is 29.2 Å². The molecule has 0 radical (unpaired) electrons. The first-order valence-corrected chi connectivity index (χ1v) is 9.48. The van der Waals surface area contributed by atoms with Crippen LogP contribution >= 0.6 is 0 Å². The summed E-state index contributed by atoms with van der Waals surface area (Å²) >= 11 is 0. The van der Waals surface area contributed by atoms with Crippen molar-refractivity contribution >= 4 is 16.8 Å². The molecule has 1 aromatic carbocycles. The van der Waals surface area contributed by atoms with E-state index < -0.39 is 0 Å². The summed E-state index contributed by atoms with van der Waals surface area (Å²) in [4.78, 5) is 25.3. The van der Waals surface area contributed by atoms with Gasteiger partial charge in [0.05, 0.1) is 0 Å². The van der Waals surface area contributed by atoms with E-state index in [0.717, 1.165) is 23.9 Å². The largest absolute Gasteiger partial charge is 0.482 e. The Morgan fingerprint density at radius 3 is 3.04 bits per heavy atom. The summed E-state index contributed by atoms with van der Waals surface area (Å²) in [5.41, 5.74) is 1.09. The van der Waals surface area contributed by atoms with Gasteiger partial charge in [-0.25, -0.2) is 4.98 Å². The van der Waals surface area contributed by atoms with Gasteiger partial charge < -0.3 is 19.0 Å². The number of rotatable bonds is 6. The lowest BCUT2D eigenvalue weighted by Gasteiger charge is -2.25. The Balaban J connectivity index is 1.39. The van der Waals surface area contributed by atoms with Gasteiger partial charge in [-0.05, 0) is 38.6 Å². The molecule has 3 aromatic rings. The van der Waals surface area contributed by atoms with E-state index in [1.807, 2.05) is 30.3 Å². The molecule has 1 amide bonds. The third-order valence-electron chi connectivity index (χ3n) is 5.22. The zero-order valence-corrected chi connectivity index (χ0v) is 16.2. The Morgan fingerprint density at radius 2 is 2.21 bits per heavy atom. The first-order chi connectivity index (χ1) is 13.6. The number of likely N-dealkylation sites (N-methyl/N-ethyl adjacent to an activating group) is 2. The molecule has 0 saturated carbocycles. The molecule has 0 bridgehead atoms. The minimum Gasteiger partial charge on any atom is -0.482 e. The second kappa shape index (κ2) is 7.98. The number of ether oxygens (including phenoxy) is 1. The van der Waals surface area contributed by atoms with Crippen molar-refractivity contribution < 1.29 is 13.9 Å². The number of aromatic nitrogens is 2. The molecule has 28 heavy (non-hydrogen) atoms. The summed E-state index contributed by atoms with van der Waals surface area (Å²) in [5.74, 6) is 0.885. The van der Waals surface area contributed by atoms with Crippen LogP contribution in [-0.2, 0) is 6.61 Å². The van der Waals surface area contributed by atoms with Crippen molar-refractivity contribution in [2.24, 2.45) is 0 Å². The Kier molecular flexibility index (Phi) is 5.25. The van der Waals surface area contributed by atoms with E-state index in [-0.39, 0.29) is 12.5 Å². The highest BCUT2D eigenvalue weighted by atomic mass is 16.5. The van der Waals surface area contributed by atoms with Crippen LogP contribution in [0.25, 0.3) is 10.9 Å². The maximum Gasteiger partial charge on any atom is 0.275 e. The summed E-state index contributed by atoms with van der Waals surface area (Å²) in [5, 5.41) is 1.00. The van der Waals surface area contributed by atoms with E-state index in [1.165, 1.54) is 12.7 Å². The zero-order chi connectivity index (χ0) is 19.5. The molecule has 0 aliphatic carbocycles. The highest BCUT2D eigenvalue weighted by Gasteiger charge is 2.25. The van der Waals surface area contributed by atoms with Gasteiger partial charge in [0.25, 0.3) is 5.91 Å². The van der Waals surface area contributed by atoms with Gasteiger partial charge in [0.2, 0.25) is 5.89 Å². The van der Waals surface area contributed by atoms with Crippen LogP contribution in [0, 0.1) is 0 Å². The smallest absolute Gasteiger partial charge is 0.275 e. The molecule has 4 rings (SSSR count). The molecule has 2 aromatic heterocycles. The van der Waals surface area contributed by atoms with Crippen LogP contribution in [0.5, 0.6) is 5.75 Å². The highest BCUT2D eigenvalue weighted by molar-refractivity contribution is 5.91. The Hall–Kier alpha value is -2.93. The van der Waals surface area contributed by atoms with Crippen LogP contribution in [-0.4, -0.2) is 58.9 Å². The van der Waals surface area contributed by atoms with Crippen LogP contribution in [0.3, 0.4) is 0 Å². The maximum atomic E-state index is 12.6. The first kappa shape index (κ1) is 18.4. The number of fused-ring (bicyclic) bond motifs is 1. The molecule has 7 heteroatoms. The average molecular weight is 380 g/mol. The number of nitrogens with zero attached hydrogens (tertiary/aromatic N) is 4. The standard InChI is InChI=1S/C21H24N4O3/c1-24-11-5-8-16(24)12-25(2)21(26)17-13-28-19(23-17)14-27-18-9-3-6-15-7-4-10-22-20(15)18/h3-4,6-7,9-10,13,16H,5,8,11-12,14H2,1-2H3. The molecule has 1 atom stereocenters. The van der Waals surface area contributed by atoms with Crippen molar-refractivity contribution in [3.63, 3.8) is 0 Å². The van der Waals surface area contributed by atoms with Gasteiger partial charge in [-0.2, -0.15) is 0 Å². The molecule has 1 aliphatic heterocycles. The number of carbonyl (C=O) groups is 1. The van der Waals surface area contributed by atoms with Crippen molar-refractivity contribution in [3.8, 4) is 5.75 Å². The number of hydrogen-bond donors (Lipinski definition) is 0. The third-order valence-corrected chi connectivity index (χ3v) is 5.22. The Labute approximate surface area is 163 Å². The quantitative estimate of drug-likeness (QED) is 0.655. The molecule has 0 spiro atoms. The number of para-hydroxylation sites is 1. The fraction of sp³-hybridized carbons (Fsp3) is 0.381. The van der Waals surface area contributed by atoms with Gasteiger partial charge in [0, 0.05) is 31.2 Å². The Morgan fingerprint density at radius 1 is 1.36 bits per heavy atom. The second-order valence-corrected chi connectivity index (χ2v) is 7.21. The number of amides is 1. The van der Waals surface area contributed by atoms with E-state index in [4.69, 9.17) is 9.15 Å². The van der Waals surface area contributed by atoms with Crippen LogP contribution < -0.4 is 4.74 Å². The first-order valence-electron chi connectivity index (χ1n) is 9.48. The number of benzene rings is 1. The molecule has 1 unspecified atom stereocenters. The average Bonchev–Trinajstić information content (AvgIpc) is 3.35. The summed E-state index contributed by atoms with van der Waals surface area (Å²) in [6, 6.07) is 10.0. The van der Waals surface area contributed by atoms with Gasteiger partial charge in [-0.15, -0.1) is 0 Å². The number of oxazole rings is 1. The predicted octanol–water partition coefficient (Wildman–Crippen LogP) is 2.97. The van der Waals surface area contributed by atoms with E-state index in [9.17, 15) is 4.79 Å². The molecule has 3 heterocycles. The molecule has 0 N–H and O–H groups in total. The van der Waals surface area contributed by atoms with E-state index in [2.05, 4.69) is 21.9 Å². The molecule has 1 saturated heterocycles. The monoisotopic (exact) mass is 380 g/mol. The van der Waals surface area contributed by atoms with Gasteiger partial charge in [0.15, 0.2) is 12.3 Å². The van der Waals surface area contributed by atoms with Crippen LogP contribution in [0.2, 0.25) is 0 Å². The topological polar surface area (TPSA) is 71.7 Å². The number of likely N-dealkylation sites (tertiary alicyclic amines) is 1. The lowest BCUT2D eigenvalue weighted by atomic mass is 10.2. The molecule has 1 fully saturated rings. The van der Waals surface area contributed by atoms with Gasteiger partial charge in [-0.3, -0.25) is 9.78 Å². The second-order valence-electron chi connectivity index (χ2n) is 7.21. The number of pyridine rings is 1. The lowest BCUT2D eigenvalue weighted by Crippen LogP contribution is -2.39. The predicted molar refractivity (Wildman–Crippen MR) is 105 cm³/mol. The minimum atomic E-state index is -0.137. The summed E-state index contributed by atoms with van der Waals surface area (Å²) in [7, 11) is 3.91. The normalized spacial score (nSPS) is 17.1. The minimum absolute atomic E-state index is 0.137. The molecule has 7 nitrogen and oxygen atoms in total. The van der Waals surface area contributed by atoms with Crippen molar-refractivity contribution in [1.82, 2.24) is 19.8 Å². The van der Waals surface area contributed by atoms with E-state index in [0.29, 0.717) is 29.9 Å². The summed E-state index contributed by atoms with van der Waals surface area (Å²) in [6.45, 7) is 1.91. The van der Waals surface area contributed by atoms with E-state index >= 15 is 0 Å². The fourth-order valence-corrected chi connectivity index (χ4v) is 3.61. The third kappa shape index (κ3) is 3.84. The van der Waals surface area contributed by atoms with Crippen molar-refractivity contribution in [1.29, 1.82) is 0 Å². The zero-order valence-electron chi connectivity index (χ0n) is 16.2. The number of hydrogen-bond acceptors (Lipinski definition) is 6. The molecule has 146 valence electrons. The van der Waals surface area contributed by atoms with Crippen LogP contribution in [0.15, 0.2) is 47.2 Å². The fourth-order valence-electron chi connectivity index (χ4n) is 3.61. The maximum absolute atomic E-state index is 12.6. The lowest BCUT2D eigenvalue weighted by molar-refractivity contribution is 0.0755. The number of carbonyl (C=O) groups excluding carboxylic acids is 1. The summed E-state index contributed by atoms with van der Waals surface area (Å²) in [6.07, 6.45) is 5.43. The molecule has 1 aliphatic rings. The highest BCUT2D eigenvalue weighted by Crippen LogP contribution is 2.24. The van der Waals surface area contributed by atoms with Gasteiger partial charge in [-0.1, -0.05) is 18.2 Å². The van der Waals surface area contributed by atoms with Crippen molar-refractivity contribution in [2.45, 2.75) is 25.5 Å². The molecular formula is C21H24N4O3. The van der Waals surface area contributed by atoms with Gasteiger partial charge in [0.1, 0.15) is 17.5 Å². The van der Waals surface area contributed by atoms with Crippen LogP contribution in [0.4, 0.5) is 0 Å². The summed E-state index contributed by atoms with van der Waals surface area (Å²) < 4.78 is 11.3. The van der Waals surface area contributed by atoms with Crippen molar-refractivity contribution in [2.75, 3.05) is 27.2 Å². The SMILES string of the molecule is CN(CC1CCCN1C)C(=O)c1coc(COc2cccc3cccnc23)n1. The van der Waals surface area contributed by atoms with E-state index in [1.54, 1.807) is 18.1 Å².